The molecule has 4 nitrogen and oxygen atoms in total. The van der Waals surface area contributed by atoms with Gasteiger partial charge in [-0.15, -0.1) is 0 Å². The number of carbonyl (C=O) groups is 1. The van der Waals surface area contributed by atoms with E-state index in [1.54, 1.807) is 0 Å². The standard InChI is InChI=1S/C16H11Cl2N3O/c17-10-3-1-9(2-4-10)11-5-6-13-12(15(11)18)7-21-8-14(22)20-16(21)19-13/h1-6H,7-8H2,(H,19,20,22). The number of hydrogen-bond acceptors (Lipinski definition) is 3. The van der Waals surface area contributed by atoms with Crippen LogP contribution in [-0.2, 0) is 11.3 Å². The zero-order chi connectivity index (χ0) is 15.3. The van der Waals surface area contributed by atoms with Crippen LogP contribution in [-0.4, -0.2) is 23.3 Å². The average Bonchev–Trinajstić information content (AvgIpc) is 2.86. The Bertz CT molecular complexity index is 815. The van der Waals surface area contributed by atoms with Crippen molar-refractivity contribution in [3.63, 3.8) is 0 Å². The molecule has 1 amide bonds. The molecule has 0 radical (unpaired) electrons. The van der Waals surface area contributed by atoms with Crippen LogP contribution in [0.25, 0.3) is 11.1 Å². The van der Waals surface area contributed by atoms with Crippen molar-refractivity contribution in [3.8, 4) is 11.1 Å². The first-order valence-electron chi connectivity index (χ1n) is 6.82. The van der Waals surface area contributed by atoms with Crippen molar-refractivity contribution >= 4 is 40.8 Å². The van der Waals surface area contributed by atoms with E-state index in [0.717, 1.165) is 22.4 Å². The lowest BCUT2D eigenvalue weighted by molar-refractivity contribution is -0.118. The molecule has 1 N–H and O–H groups in total. The molecule has 2 aliphatic heterocycles. The van der Waals surface area contributed by atoms with Gasteiger partial charge < -0.3 is 4.90 Å². The Morgan fingerprint density at radius 3 is 2.59 bits per heavy atom. The van der Waals surface area contributed by atoms with Crippen LogP contribution in [0.1, 0.15) is 5.56 Å². The number of halogens is 2. The number of nitrogens with zero attached hydrogens (tertiary/aromatic N) is 2. The maximum Gasteiger partial charge on any atom is 0.246 e. The van der Waals surface area contributed by atoms with Gasteiger partial charge in [-0.2, -0.15) is 0 Å². The summed E-state index contributed by atoms with van der Waals surface area (Å²) in [6.45, 7) is 0.896. The number of aliphatic imine (C=N–C) groups is 1. The van der Waals surface area contributed by atoms with E-state index < -0.39 is 0 Å². The second-order valence-corrected chi connectivity index (χ2v) is 6.09. The van der Waals surface area contributed by atoms with Gasteiger partial charge in [0.05, 0.1) is 10.7 Å². The molecular formula is C16H11Cl2N3O. The van der Waals surface area contributed by atoms with Gasteiger partial charge in [0.25, 0.3) is 0 Å². The van der Waals surface area contributed by atoms with E-state index in [9.17, 15) is 4.79 Å². The molecular weight excluding hydrogens is 321 g/mol. The molecule has 2 aromatic carbocycles. The lowest BCUT2D eigenvalue weighted by Gasteiger charge is -2.24. The molecule has 0 atom stereocenters. The molecule has 0 bridgehead atoms. The first-order valence-corrected chi connectivity index (χ1v) is 7.58. The molecule has 1 saturated heterocycles. The Morgan fingerprint density at radius 1 is 1.05 bits per heavy atom. The second-order valence-electron chi connectivity index (χ2n) is 5.27. The van der Waals surface area contributed by atoms with E-state index in [4.69, 9.17) is 23.2 Å². The van der Waals surface area contributed by atoms with E-state index in [2.05, 4.69) is 10.3 Å². The summed E-state index contributed by atoms with van der Waals surface area (Å²) in [6, 6.07) is 11.4. The van der Waals surface area contributed by atoms with Crippen LogP contribution in [0, 0.1) is 0 Å². The van der Waals surface area contributed by atoms with Crippen molar-refractivity contribution < 1.29 is 4.79 Å². The highest BCUT2D eigenvalue weighted by atomic mass is 35.5. The van der Waals surface area contributed by atoms with E-state index in [1.807, 2.05) is 41.3 Å². The number of guanidine groups is 1. The van der Waals surface area contributed by atoms with Gasteiger partial charge in [-0.25, -0.2) is 4.99 Å². The summed E-state index contributed by atoms with van der Waals surface area (Å²) in [6.07, 6.45) is 0. The molecule has 22 heavy (non-hydrogen) atoms. The highest BCUT2D eigenvalue weighted by Crippen LogP contribution is 2.39. The Morgan fingerprint density at radius 2 is 1.82 bits per heavy atom. The SMILES string of the molecule is O=C1CN2Cc3c(ccc(-c4ccc(Cl)cc4)c3Cl)N=C2N1. The van der Waals surface area contributed by atoms with Crippen molar-refractivity contribution in [3.05, 3.63) is 52.0 Å². The van der Waals surface area contributed by atoms with Crippen LogP contribution in [0.4, 0.5) is 5.69 Å². The zero-order valence-corrected chi connectivity index (χ0v) is 12.9. The summed E-state index contributed by atoms with van der Waals surface area (Å²) in [7, 11) is 0. The smallest absolute Gasteiger partial charge is 0.246 e. The van der Waals surface area contributed by atoms with Crippen LogP contribution in [0.3, 0.4) is 0 Å². The maximum atomic E-state index is 11.5. The van der Waals surface area contributed by atoms with Gasteiger partial charge in [0, 0.05) is 22.7 Å². The van der Waals surface area contributed by atoms with Gasteiger partial charge in [-0.3, -0.25) is 10.1 Å². The number of benzene rings is 2. The Balaban J connectivity index is 1.80. The van der Waals surface area contributed by atoms with Crippen molar-refractivity contribution in [2.45, 2.75) is 6.54 Å². The molecule has 0 saturated carbocycles. The van der Waals surface area contributed by atoms with Gasteiger partial charge >= 0.3 is 0 Å². The van der Waals surface area contributed by atoms with E-state index >= 15 is 0 Å². The van der Waals surface area contributed by atoms with Crippen LogP contribution >= 0.6 is 23.2 Å². The topological polar surface area (TPSA) is 44.7 Å². The molecule has 0 aromatic heterocycles. The lowest BCUT2D eigenvalue weighted by atomic mass is 10.0. The van der Waals surface area contributed by atoms with Gasteiger partial charge in [-0.1, -0.05) is 41.4 Å². The largest absolute Gasteiger partial charge is 0.329 e. The number of hydrogen-bond donors (Lipinski definition) is 1. The van der Waals surface area contributed by atoms with Crippen LogP contribution in [0.5, 0.6) is 0 Å². The first kappa shape index (κ1) is 13.6. The summed E-state index contributed by atoms with van der Waals surface area (Å²) in [4.78, 5) is 17.9. The Labute approximate surface area is 137 Å². The van der Waals surface area contributed by atoms with Crippen LogP contribution in [0.2, 0.25) is 10.0 Å². The predicted molar refractivity (Wildman–Crippen MR) is 87.5 cm³/mol. The summed E-state index contributed by atoms with van der Waals surface area (Å²) in [5, 5.41) is 4.11. The number of nitrogens with one attached hydrogen (secondary N) is 1. The summed E-state index contributed by atoms with van der Waals surface area (Å²) in [5.41, 5.74) is 3.68. The Hall–Kier alpha value is -2.04. The van der Waals surface area contributed by atoms with Gasteiger partial charge in [0.15, 0.2) is 0 Å². The van der Waals surface area contributed by atoms with E-state index in [0.29, 0.717) is 29.1 Å². The summed E-state index contributed by atoms with van der Waals surface area (Å²) >= 11 is 12.5. The number of carbonyl (C=O) groups excluding carboxylic acids is 1. The van der Waals surface area contributed by atoms with Crippen molar-refractivity contribution in [2.75, 3.05) is 6.54 Å². The molecule has 2 heterocycles. The highest BCUT2D eigenvalue weighted by Gasteiger charge is 2.30. The molecule has 0 aliphatic carbocycles. The molecule has 6 heteroatoms. The van der Waals surface area contributed by atoms with Crippen LogP contribution in [0.15, 0.2) is 41.4 Å². The third kappa shape index (κ3) is 2.16. The minimum Gasteiger partial charge on any atom is -0.329 e. The van der Waals surface area contributed by atoms with Crippen molar-refractivity contribution in [2.24, 2.45) is 4.99 Å². The van der Waals surface area contributed by atoms with Crippen molar-refractivity contribution in [1.82, 2.24) is 10.2 Å². The normalized spacial score (nSPS) is 16.0. The fourth-order valence-electron chi connectivity index (χ4n) is 2.74. The number of rotatable bonds is 1. The molecule has 4 rings (SSSR count). The Kier molecular flexibility index (Phi) is 3.10. The van der Waals surface area contributed by atoms with Gasteiger partial charge in [0.2, 0.25) is 11.9 Å². The number of amides is 1. The quantitative estimate of drug-likeness (QED) is 0.867. The van der Waals surface area contributed by atoms with Crippen molar-refractivity contribution in [1.29, 1.82) is 0 Å². The van der Waals surface area contributed by atoms with Gasteiger partial charge in [0.1, 0.15) is 6.54 Å². The third-order valence-corrected chi connectivity index (χ3v) is 4.52. The first-order chi connectivity index (χ1) is 10.6. The van der Waals surface area contributed by atoms with E-state index in [-0.39, 0.29) is 5.91 Å². The highest BCUT2D eigenvalue weighted by molar-refractivity contribution is 6.34. The van der Waals surface area contributed by atoms with Gasteiger partial charge in [-0.05, 0) is 23.8 Å². The van der Waals surface area contributed by atoms with E-state index in [1.165, 1.54) is 0 Å². The fourth-order valence-corrected chi connectivity index (χ4v) is 3.20. The van der Waals surface area contributed by atoms with Crippen LogP contribution < -0.4 is 5.32 Å². The second kappa shape index (κ2) is 5.00. The maximum absolute atomic E-state index is 11.5. The summed E-state index contributed by atoms with van der Waals surface area (Å²) < 4.78 is 0. The lowest BCUT2D eigenvalue weighted by Crippen LogP contribution is -2.32. The molecule has 2 aliphatic rings. The molecule has 0 unspecified atom stereocenters. The number of fused-ring (bicyclic) bond motifs is 2. The molecule has 2 aromatic rings. The minimum absolute atomic E-state index is 0.0411. The third-order valence-electron chi connectivity index (χ3n) is 3.83. The fraction of sp³-hybridized carbons (Fsp3) is 0.125. The molecule has 0 spiro atoms. The monoisotopic (exact) mass is 331 g/mol. The predicted octanol–water partition coefficient (Wildman–Crippen LogP) is 3.59. The molecule has 1 fully saturated rings. The zero-order valence-electron chi connectivity index (χ0n) is 11.4. The summed E-state index contributed by atoms with van der Waals surface area (Å²) in [5.74, 6) is 0.563. The minimum atomic E-state index is -0.0411. The average molecular weight is 332 g/mol. The molecule has 110 valence electrons.